The van der Waals surface area contributed by atoms with E-state index in [-0.39, 0.29) is 17.7 Å². The standard InChI is InChI=1S/C30H31N3O9/c1-12-15-10-9-14(11-32-29(41)13-7-5-4-6-8-13)22(34)17(15)23(35)18-16(12)24(36)20-21(33(2)3)25(37)19(28(31)40)27(39)30(20,42)26(18)38/h4-10,12,16,20-21,24,34,36-38,42H,11H2,1-3H3,(H2,31,40)(H,32,41)/t12-,16-,20-,21-,24-,30+/m1/s1. The highest BCUT2D eigenvalue weighted by atomic mass is 16.4. The van der Waals surface area contributed by atoms with E-state index in [1.54, 1.807) is 43.3 Å². The van der Waals surface area contributed by atoms with Crippen LogP contribution in [0.5, 0.6) is 5.75 Å². The van der Waals surface area contributed by atoms with Crippen LogP contribution in [0.1, 0.15) is 44.7 Å². The first kappa shape index (κ1) is 29.0. The lowest BCUT2D eigenvalue weighted by atomic mass is 9.55. The van der Waals surface area contributed by atoms with E-state index in [1.807, 2.05) is 0 Å². The molecule has 6 atom stereocenters. The number of primary amides is 1. The van der Waals surface area contributed by atoms with Gasteiger partial charge in [-0.3, -0.25) is 24.1 Å². The molecule has 0 bridgehead atoms. The predicted octanol–water partition coefficient (Wildman–Crippen LogP) is 0.582. The minimum Gasteiger partial charge on any atom is -0.510 e. The summed E-state index contributed by atoms with van der Waals surface area (Å²) in [7, 11) is 2.94. The zero-order chi connectivity index (χ0) is 30.8. The number of hydrogen-bond donors (Lipinski definition) is 7. The lowest BCUT2D eigenvalue weighted by molar-refractivity contribution is -0.162. The van der Waals surface area contributed by atoms with Gasteiger partial charge in [0.2, 0.25) is 5.78 Å². The number of ketones is 2. The molecule has 2 aromatic rings. The van der Waals surface area contributed by atoms with Crippen molar-refractivity contribution in [3.63, 3.8) is 0 Å². The first-order chi connectivity index (χ1) is 19.7. The number of hydrogen-bond acceptors (Lipinski definition) is 10. The molecule has 0 aromatic heterocycles. The third kappa shape index (κ3) is 3.94. The fourth-order valence-corrected chi connectivity index (χ4v) is 6.68. The number of carbonyl (C=O) groups excluding carboxylic acids is 4. The normalized spacial score (nSPS) is 28.8. The van der Waals surface area contributed by atoms with Gasteiger partial charge in [-0.15, -0.1) is 0 Å². The van der Waals surface area contributed by atoms with Gasteiger partial charge in [-0.25, -0.2) is 0 Å². The highest BCUT2D eigenvalue weighted by Gasteiger charge is 2.67. The highest BCUT2D eigenvalue weighted by Crippen LogP contribution is 2.55. The second-order valence-electron chi connectivity index (χ2n) is 11.1. The summed E-state index contributed by atoms with van der Waals surface area (Å²) in [6.07, 6.45) is -1.67. The molecule has 220 valence electrons. The fourth-order valence-electron chi connectivity index (χ4n) is 6.68. The Bertz CT molecular complexity index is 1600. The average Bonchev–Trinajstić information content (AvgIpc) is 2.94. The maximum Gasteiger partial charge on any atom is 0.255 e. The molecule has 12 heteroatoms. The van der Waals surface area contributed by atoms with Crippen LogP contribution in [0.2, 0.25) is 0 Å². The third-order valence-corrected chi connectivity index (χ3v) is 8.69. The molecule has 0 radical (unpaired) electrons. The summed E-state index contributed by atoms with van der Waals surface area (Å²) < 4.78 is 0. The zero-order valence-electron chi connectivity index (χ0n) is 23.0. The first-order valence-electron chi connectivity index (χ1n) is 13.3. The molecule has 3 aliphatic rings. The number of nitrogens with zero attached hydrogens (tertiary/aromatic N) is 1. The number of aromatic hydroxyl groups is 1. The number of aliphatic hydroxyl groups is 4. The fraction of sp³-hybridized carbons (Fsp3) is 0.333. The van der Waals surface area contributed by atoms with Crippen molar-refractivity contribution in [3.05, 3.63) is 87.4 Å². The number of rotatable bonds is 5. The largest absolute Gasteiger partial charge is 0.510 e. The van der Waals surface area contributed by atoms with E-state index in [9.17, 15) is 44.7 Å². The summed E-state index contributed by atoms with van der Waals surface area (Å²) in [6.45, 7) is 1.50. The van der Waals surface area contributed by atoms with Gasteiger partial charge < -0.3 is 36.6 Å². The van der Waals surface area contributed by atoms with Crippen LogP contribution >= 0.6 is 0 Å². The van der Waals surface area contributed by atoms with Gasteiger partial charge in [0.1, 0.15) is 22.8 Å². The third-order valence-electron chi connectivity index (χ3n) is 8.69. The number of carbonyl (C=O) groups is 4. The van der Waals surface area contributed by atoms with Crippen LogP contribution < -0.4 is 11.1 Å². The highest BCUT2D eigenvalue weighted by molar-refractivity contribution is 6.25. The molecule has 2 amide bonds. The number of aliphatic hydroxyl groups excluding tert-OH is 3. The summed E-state index contributed by atoms with van der Waals surface area (Å²) >= 11 is 0. The minimum absolute atomic E-state index is 0.146. The zero-order valence-corrected chi connectivity index (χ0v) is 23.0. The molecule has 0 fully saturated rings. The maximum atomic E-state index is 13.9. The van der Waals surface area contributed by atoms with Gasteiger partial charge >= 0.3 is 0 Å². The van der Waals surface area contributed by atoms with Crippen LogP contribution in [0.3, 0.4) is 0 Å². The molecule has 8 N–H and O–H groups in total. The number of nitrogens with two attached hydrogens (primary N) is 1. The minimum atomic E-state index is -2.99. The average molecular weight is 578 g/mol. The van der Waals surface area contributed by atoms with Crippen LogP contribution in [0, 0.1) is 11.8 Å². The van der Waals surface area contributed by atoms with E-state index >= 15 is 0 Å². The van der Waals surface area contributed by atoms with Crippen LogP contribution in [-0.4, -0.2) is 85.7 Å². The van der Waals surface area contributed by atoms with Crippen LogP contribution in [0.4, 0.5) is 0 Å². The molecular formula is C30H31N3O9. The van der Waals surface area contributed by atoms with Crippen molar-refractivity contribution in [2.24, 2.45) is 17.6 Å². The summed E-state index contributed by atoms with van der Waals surface area (Å²) in [5.41, 5.74) is 1.59. The van der Waals surface area contributed by atoms with Gasteiger partial charge in [-0.05, 0) is 37.7 Å². The lowest BCUT2D eigenvalue weighted by Gasteiger charge is -2.53. The molecular weight excluding hydrogens is 546 g/mol. The summed E-state index contributed by atoms with van der Waals surface area (Å²) in [6, 6.07) is 10.1. The van der Waals surface area contributed by atoms with Crippen LogP contribution in [-0.2, 0) is 16.1 Å². The molecule has 0 saturated heterocycles. The van der Waals surface area contributed by atoms with E-state index in [2.05, 4.69) is 5.32 Å². The van der Waals surface area contributed by atoms with Gasteiger partial charge in [0.25, 0.3) is 11.8 Å². The van der Waals surface area contributed by atoms with Crippen molar-refractivity contribution >= 4 is 23.4 Å². The van der Waals surface area contributed by atoms with E-state index in [1.165, 1.54) is 25.1 Å². The number of likely N-dealkylation sites (N-methyl/N-ethyl adjacent to an activating group) is 1. The predicted molar refractivity (Wildman–Crippen MR) is 147 cm³/mol. The van der Waals surface area contributed by atoms with Crippen molar-refractivity contribution in [1.29, 1.82) is 0 Å². The van der Waals surface area contributed by atoms with Gasteiger partial charge in [0.05, 0.1) is 23.6 Å². The molecule has 5 rings (SSSR count). The monoisotopic (exact) mass is 577 g/mol. The SMILES string of the molecule is C[C@@H]1c2ccc(CNC(=O)c3ccccc3)c(O)c2C(=O)C2=C(O)[C@]3(O)C(=O)C(C(N)=O)=C(O)[C@H](N(C)C)[C@@H]3[C@H](O)[C@@H]21. The van der Waals surface area contributed by atoms with Crippen molar-refractivity contribution in [1.82, 2.24) is 10.2 Å². The summed E-state index contributed by atoms with van der Waals surface area (Å²) in [5, 5.41) is 59.6. The van der Waals surface area contributed by atoms with Gasteiger partial charge in [0.15, 0.2) is 11.4 Å². The summed E-state index contributed by atoms with van der Waals surface area (Å²) in [5.74, 6) is -9.97. The molecule has 2 aromatic carbocycles. The topological polar surface area (TPSA) is 211 Å². The Hall–Kier alpha value is -4.52. The summed E-state index contributed by atoms with van der Waals surface area (Å²) in [4.78, 5) is 53.4. The smallest absolute Gasteiger partial charge is 0.255 e. The molecule has 0 unspecified atom stereocenters. The second-order valence-corrected chi connectivity index (χ2v) is 11.1. The number of benzene rings is 2. The number of fused-ring (bicyclic) bond motifs is 3. The van der Waals surface area contributed by atoms with Crippen LogP contribution in [0.15, 0.2) is 65.1 Å². The lowest BCUT2D eigenvalue weighted by Crippen LogP contribution is -2.68. The Kier molecular flexibility index (Phi) is 6.96. The van der Waals surface area contributed by atoms with Crippen molar-refractivity contribution in [3.8, 4) is 5.75 Å². The van der Waals surface area contributed by atoms with Gasteiger partial charge in [0, 0.05) is 29.2 Å². The van der Waals surface area contributed by atoms with Crippen molar-refractivity contribution in [2.75, 3.05) is 14.1 Å². The van der Waals surface area contributed by atoms with E-state index < -0.39 is 87.3 Å². The number of amides is 2. The van der Waals surface area contributed by atoms with Gasteiger partial charge in [-0.1, -0.05) is 37.3 Å². The van der Waals surface area contributed by atoms with Gasteiger partial charge in [-0.2, -0.15) is 0 Å². The Morgan fingerprint density at radius 3 is 2.29 bits per heavy atom. The van der Waals surface area contributed by atoms with Crippen LogP contribution in [0.25, 0.3) is 0 Å². The number of phenols is 1. The molecule has 0 aliphatic heterocycles. The Balaban J connectivity index is 1.62. The first-order valence-corrected chi connectivity index (χ1v) is 13.3. The molecule has 12 nitrogen and oxygen atoms in total. The number of phenolic OH excluding ortho intramolecular Hbond substituents is 1. The molecule has 0 saturated carbocycles. The Labute approximate surface area is 240 Å². The molecule has 42 heavy (non-hydrogen) atoms. The van der Waals surface area contributed by atoms with E-state index in [0.29, 0.717) is 11.1 Å². The molecule has 3 aliphatic carbocycles. The number of Topliss-reactive ketones (excluding diaryl/α,β-unsaturated/α-hetero) is 2. The quantitative estimate of drug-likeness (QED) is 0.246. The number of nitrogens with one attached hydrogen (secondary N) is 1. The Morgan fingerprint density at radius 2 is 1.69 bits per heavy atom. The van der Waals surface area contributed by atoms with Crippen molar-refractivity contribution < 1.29 is 44.7 Å². The Morgan fingerprint density at radius 1 is 1.05 bits per heavy atom. The van der Waals surface area contributed by atoms with E-state index in [4.69, 9.17) is 5.73 Å². The van der Waals surface area contributed by atoms with Crippen molar-refractivity contribution in [2.45, 2.75) is 37.1 Å². The second kappa shape index (κ2) is 10.1. The molecule has 0 heterocycles. The molecule has 0 spiro atoms. The maximum absolute atomic E-state index is 13.9. The van der Waals surface area contributed by atoms with E-state index in [0.717, 1.165) is 0 Å².